The van der Waals surface area contributed by atoms with Gasteiger partial charge in [0.05, 0.1) is 5.69 Å². The Morgan fingerprint density at radius 1 is 1.16 bits per heavy atom. The molecule has 2 aliphatic rings. The van der Waals surface area contributed by atoms with Crippen molar-refractivity contribution in [1.82, 2.24) is 4.90 Å². The van der Waals surface area contributed by atoms with E-state index in [9.17, 15) is 14.3 Å². The van der Waals surface area contributed by atoms with Crippen LogP contribution in [0.2, 0.25) is 5.02 Å². The zero-order chi connectivity index (χ0) is 22.0. The van der Waals surface area contributed by atoms with Crippen molar-refractivity contribution >= 4 is 23.2 Å². The van der Waals surface area contributed by atoms with Gasteiger partial charge in [0.15, 0.2) is 0 Å². The largest absolute Gasteiger partial charge is 0.489 e. The van der Waals surface area contributed by atoms with E-state index in [1.165, 1.54) is 25.1 Å². The summed E-state index contributed by atoms with van der Waals surface area (Å²) in [6.45, 7) is 2.92. The highest BCUT2D eigenvalue weighted by Gasteiger charge is 2.42. The minimum atomic E-state index is -0.720. The van der Waals surface area contributed by atoms with Crippen LogP contribution in [0.1, 0.15) is 26.2 Å². The first-order valence-electron chi connectivity index (χ1n) is 10.5. The van der Waals surface area contributed by atoms with E-state index in [1.54, 1.807) is 12.1 Å². The van der Waals surface area contributed by atoms with Gasteiger partial charge in [-0.3, -0.25) is 9.69 Å². The second-order valence-electron chi connectivity index (χ2n) is 8.09. The fraction of sp³-hybridized carbons (Fsp3) is 0.435. The van der Waals surface area contributed by atoms with Crippen molar-refractivity contribution < 1.29 is 23.8 Å². The van der Waals surface area contributed by atoms with E-state index >= 15 is 0 Å². The predicted octanol–water partition coefficient (Wildman–Crippen LogP) is 3.86. The van der Waals surface area contributed by atoms with Crippen LogP contribution in [0.4, 0.5) is 10.1 Å². The SMILES string of the molecule is CC(=O)Nc1ccc(F)cc1O[C@H]1CC[C@H](N2CC[C@H](Oc3ccc(Cl)cc3)C2)[C@H]1O. The lowest BCUT2D eigenvalue weighted by Gasteiger charge is -2.28. The zero-order valence-corrected chi connectivity index (χ0v) is 18.0. The number of carbonyl (C=O) groups excluding carboxylic acids is 1. The maximum Gasteiger partial charge on any atom is 0.221 e. The van der Waals surface area contributed by atoms with Gasteiger partial charge in [0.2, 0.25) is 5.91 Å². The lowest BCUT2D eigenvalue weighted by molar-refractivity contribution is -0.114. The van der Waals surface area contributed by atoms with Gasteiger partial charge in [-0.25, -0.2) is 4.39 Å². The minimum absolute atomic E-state index is 0.0444. The molecule has 2 fully saturated rings. The van der Waals surface area contributed by atoms with Crippen LogP contribution in [0, 0.1) is 5.82 Å². The summed E-state index contributed by atoms with van der Waals surface area (Å²) in [6.07, 6.45) is 1.13. The van der Waals surface area contributed by atoms with Gasteiger partial charge >= 0.3 is 0 Å². The highest BCUT2D eigenvalue weighted by molar-refractivity contribution is 6.30. The average molecular weight is 449 g/mol. The highest BCUT2D eigenvalue weighted by Crippen LogP contribution is 2.34. The van der Waals surface area contributed by atoms with Gasteiger partial charge in [-0.05, 0) is 55.7 Å². The van der Waals surface area contributed by atoms with Gasteiger partial charge in [-0.2, -0.15) is 0 Å². The Labute approximate surface area is 185 Å². The third-order valence-electron chi connectivity index (χ3n) is 5.82. The summed E-state index contributed by atoms with van der Waals surface area (Å²) in [5, 5.41) is 14.2. The molecule has 166 valence electrons. The van der Waals surface area contributed by atoms with Crippen molar-refractivity contribution in [2.24, 2.45) is 0 Å². The van der Waals surface area contributed by atoms with Gasteiger partial charge in [0, 0.05) is 37.1 Å². The van der Waals surface area contributed by atoms with Gasteiger partial charge < -0.3 is 19.9 Å². The lowest BCUT2D eigenvalue weighted by atomic mass is 10.1. The number of nitrogens with one attached hydrogen (secondary N) is 1. The summed E-state index contributed by atoms with van der Waals surface area (Å²) >= 11 is 5.92. The third-order valence-corrected chi connectivity index (χ3v) is 6.07. The standard InChI is InChI=1S/C23H26ClFN2O4/c1-14(28)26-19-7-4-16(25)12-22(19)31-21-9-8-20(23(21)29)27-11-10-18(13-27)30-17-5-2-15(24)3-6-17/h2-7,12,18,20-21,23,29H,8-11,13H2,1H3,(H,26,28)/t18-,20-,21-,23+/m0/s1. The van der Waals surface area contributed by atoms with Gasteiger partial charge in [-0.1, -0.05) is 11.6 Å². The molecule has 1 aliphatic carbocycles. The predicted molar refractivity (Wildman–Crippen MR) is 116 cm³/mol. The van der Waals surface area contributed by atoms with Crippen molar-refractivity contribution in [1.29, 1.82) is 0 Å². The fourth-order valence-corrected chi connectivity index (χ4v) is 4.48. The number of carbonyl (C=O) groups is 1. The molecule has 2 aromatic carbocycles. The lowest BCUT2D eigenvalue weighted by Crippen LogP contribution is -2.44. The smallest absolute Gasteiger partial charge is 0.221 e. The maximum atomic E-state index is 13.7. The second kappa shape index (κ2) is 9.42. The molecule has 31 heavy (non-hydrogen) atoms. The molecule has 1 heterocycles. The minimum Gasteiger partial charge on any atom is -0.489 e. The van der Waals surface area contributed by atoms with E-state index < -0.39 is 18.0 Å². The van der Waals surface area contributed by atoms with Crippen molar-refractivity contribution in [3.63, 3.8) is 0 Å². The van der Waals surface area contributed by atoms with Crippen LogP contribution in [-0.2, 0) is 4.79 Å². The van der Waals surface area contributed by atoms with E-state index in [2.05, 4.69) is 10.2 Å². The van der Waals surface area contributed by atoms with Crippen LogP contribution in [0.25, 0.3) is 0 Å². The molecule has 0 bridgehead atoms. The van der Waals surface area contributed by atoms with Gasteiger partial charge in [0.25, 0.3) is 0 Å². The van der Waals surface area contributed by atoms with E-state index in [0.29, 0.717) is 23.7 Å². The molecular formula is C23H26ClFN2O4. The number of amides is 1. The summed E-state index contributed by atoms with van der Waals surface area (Å²) in [5.41, 5.74) is 0.391. The molecule has 6 nitrogen and oxygen atoms in total. The van der Waals surface area contributed by atoms with Crippen molar-refractivity contribution in [3.8, 4) is 11.5 Å². The third kappa shape index (κ3) is 5.29. The van der Waals surface area contributed by atoms with Crippen LogP contribution in [0.15, 0.2) is 42.5 Å². The molecule has 4 atom stereocenters. The van der Waals surface area contributed by atoms with Crippen LogP contribution in [-0.4, -0.2) is 53.4 Å². The maximum absolute atomic E-state index is 13.7. The molecule has 4 rings (SSSR count). The molecule has 0 unspecified atom stereocenters. The number of ether oxygens (including phenoxy) is 2. The van der Waals surface area contributed by atoms with Crippen LogP contribution >= 0.6 is 11.6 Å². The van der Waals surface area contributed by atoms with Crippen molar-refractivity contribution in [3.05, 3.63) is 53.3 Å². The Balaban J connectivity index is 1.36. The number of aliphatic hydroxyl groups excluding tert-OH is 1. The van der Waals surface area contributed by atoms with Crippen molar-refractivity contribution in [2.75, 3.05) is 18.4 Å². The van der Waals surface area contributed by atoms with Gasteiger partial charge in [-0.15, -0.1) is 0 Å². The molecule has 1 saturated heterocycles. The van der Waals surface area contributed by atoms with Crippen LogP contribution in [0.5, 0.6) is 11.5 Å². The number of hydrogen-bond donors (Lipinski definition) is 2. The molecule has 1 aliphatic heterocycles. The summed E-state index contributed by atoms with van der Waals surface area (Å²) in [6, 6.07) is 11.2. The van der Waals surface area contributed by atoms with Crippen molar-refractivity contribution in [2.45, 2.75) is 50.5 Å². The molecule has 0 radical (unpaired) electrons. The molecule has 1 saturated carbocycles. The zero-order valence-electron chi connectivity index (χ0n) is 17.3. The Hall–Kier alpha value is -2.35. The molecule has 8 heteroatoms. The van der Waals surface area contributed by atoms with E-state index in [4.69, 9.17) is 21.1 Å². The van der Waals surface area contributed by atoms with Gasteiger partial charge in [0.1, 0.15) is 35.6 Å². The Morgan fingerprint density at radius 3 is 2.68 bits per heavy atom. The first-order valence-corrected chi connectivity index (χ1v) is 10.8. The summed E-state index contributed by atoms with van der Waals surface area (Å²) in [4.78, 5) is 13.7. The number of aliphatic hydroxyl groups is 1. The second-order valence-corrected chi connectivity index (χ2v) is 8.53. The van der Waals surface area contributed by atoms with Crippen LogP contribution < -0.4 is 14.8 Å². The number of benzene rings is 2. The number of likely N-dealkylation sites (tertiary alicyclic amines) is 1. The molecular weight excluding hydrogens is 423 g/mol. The topological polar surface area (TPSA) is 71.0 Å². The van der Waals surface area contributed by atoms with E-state index in [0.717, 1.165) is 25.1 Å². The number of hydrogen-bond acceptors (Lipinski definition) is 5. The Morgan fingerprint density at radius 2 is 1.94 bits per heavy atom. The first-order chi connectivity index (χ1) is 14.9. The first kappa shape index (κ1) is 21.9. The van der Waals surface area contributed by atoms with E-state index in [-0.39, 0.29) is 23.8 Å². The highest BCUT2D eigenvalue weighted by atomic mass is 35.5. The summed E-state index contributed by atoms with van der Waals surface area (Å²) < 4.78 is 25.7. The average Bonchev–Trinajstić information content (AvgIpc) is 3.32. The Bertz CT molecular complexity index is 926. The number of rotatable bonds is 6. The molecule has 2 aromatic rings. The molecule has 0 spiro atoms. The molecule has 2 N–H and O–H groups in total. The summed E-state index contributed by atoms with van der Waals surface area (Å²) in [7, 11) is 0. The number of anilines is 1. The van der Waals surface area contributed by atoms with E-state index in [1.807, 2.05) is 12.1 Å². The monoisotopic (exact) mass is 448 g/mol. The molecule has 0 aromatic heterocycles. The number of nitrogens with zero attached hydrogens (tertiary/aromatic N) is 1. The quantitative estimate of drug-likeness (QED) is 0.702. The summed E-state index contributed by atoms with van der Waals surface area (Å²) in [5.74, 6) is 0.270. The Kier molecular flexibility index (Phi) is 6.65. The molecule has 1 amide bonds. The van der Waals surface area contributed by atoms with Crippen LogP contribution in [0.3, 0.4) is 0 Å². The number of halogens is 2. The normalized spacial score (nSPS) is 26.1. The fourth-order valence-electron chi connectivity index (χ4n) is 4.36.